The van der Waals surface area contributed by atoms with Crippen LogP contribution in [-0.4, -0.2) is 16.3 Å². The van der Waals surface area contributed by atoms with E-state index in [0.717, 1.165) is 0 Å². The molecule has 4 nitrogen and oxygen atoms in total. The zero-order valence-corrected chi connectivity index (χ0v) is 11.0. The summed E-state index contributed by atoms with van der Waals surface area (Å²) in [5.41, 5.74) is 0.467. The molecule has 0 saturated carbocycles. The number of aromatic nitrogens is 2. The Morgan fingerprint density at radius 3 is 2.67 bits per heavy atom. The molecular weight excluding hydrogens is 298 g/mol. The van der Waals surface area contributed by atoms with Crippen LogP contribution in [0.3, 0.4) is 0 Å². The van der Waals surface area contributed by atoms with Crippen molar-refractivity contribution in [3.05, 3.63) is 45.3 Å². The topological polar surface area (TPSA) is 52.1 Å². The second-order valence-electron chi connectivity index (χ2n) is 3.19. The van der Waals surface area contributed by atoms with Gasteiger partial charge < -0.3 is 4.74 Å². The quantitative estimate of drug-likeness (QED) is 0.488. The molecule has 0 atom stereocenters. The van der Waals surface area contributed by atoms with Gasteiger partial charge in [-0.15, -0.1) is 0 Å². The first-order valence-electron chi connectivity index (χ1n) is 4.72. The number of hydrogen-bond donors (Lipinski definition) is 0. The number of halogens is 3. The van der Waals surface area contributed by atoms with Crippen molar-refractivity contribution in [2.75, 3.05) is 0 Å². The Morgan fingerprint density at radius 1 is 1.17 bits per heavy atom. The Morgan fingerprint density at radius 2 is 1.94 bits per heavy atom. The number of hydrogen-bond acceptors (Lipinski definition) is 4. The largest absolute Gasteiger partial charge is 0.437 e. The maximum absolute atomic E-state index is 10.6. The Balaban J connectivity index is 2.36. The molecule has 1 aromatic carbocycles. The lowest BCUT2D eigenvalue weighted by Gasteiger charge is -2.07. The summed E-state index contributed by atoms with van der Waals surface area (Å²) in [5.74, 6) is 0.428. The lowest BCUT2D eigenvalue weighted by Crippen LogP contribution is -1.93. The molecule has 18 heavy (non-hydrogen) atoms. The highest BCUT2D eigenvalue weighted by Gasteiger charge is 2.12. The first-order valence-corrected chi connectivity index (χ1v) is 5.85. The molecule has 0 unspecified atom stereocenters. The van der Waals surface area contributed by atoms with Crippen molar-refractivity contribution in [2.45, 2.75) is 0 Å². The number of carbonyl (C=O) groups excluding carboxylic acids is 1. The van der Waals surface area contributed by atoms with Crippen molar-refractivity contribution in [1.29, 1.82) is 0 Å². The molecule has 0 spiro atoms. The van der Waals surface area contributed by atoms with Gasteiger partial charge >= 0.3 is 0 Å². The Bertz CT molecular complexity index is 605. The van der Waals surface area contributed by atoms with E-state index in [1.165, 1.54) is 6.07 Å². The van der Waals surface area contributed by atoms with Crippen LogP contribution in [0.2, 0.25) is 15.5 Å². The van der Waals surface area contributed by atoms with Crippen LogP contribution in [0.15, 0.2) is 24.3 Å². The molecule has 0 saturated heterocycles. The lowest BCUT2D eigenvalue weighted by atomic mass is 10.2. The van der Waals surface area contributed by atoms with Gasteiger partial charge in [-0.3, -0.25) is 4.79 Å². The van der Waals surface area contributed by atoms with Crippen molar-refractivity contribution in [3.8, 4) is 11.6 Å². The molecule has 1 aromatic heterocycles. The minimum absolute atomic E-state index is 0.00166. The van der Waals surface area contributed by atoms with E-state index in [9.17, 15) is 4.79 Å². The average Bonchev–Trinajstić information content (AvgIpc) is 2.35. The van der Waals surface area contributed by atoms with E-state index in [4.69, 9.17) is 39.5 Å². The standard InChI is InChI=1S/C11H5Cl3N2O2/c12-8-9(13)15-11(14)16-10(8)18-7-3-1-2-6(4-7)5-17/h1-5H. The first-order chi connectivity index (χ1) is 8.60. The summed E-state index contributed by atoms with van der Waals surface area (Å²) in [6.45, 7) is 0. The van der Waals surface area contributed by atoms with Gasteiger partial charge in [-0.05, 0) is 23.7 Å². The Hall–Kier alpha value is -1.36. The summed E-state index contributed by atoms with van der Waals surface area (Å²) in [4.78, 5) is 18.1. The fraction of sp³-hybridized carbons (Fsp3) is 0. The van der Waals surface area contributed by atoms with Crippen LogP contribution in [-0.2, 0) is 0 Å². The van der Waals surface area contributed by atoms with Gasteiger partial charge in [-0.25, -0.2) is 4.98 Å². The molecule has 0 radical (unpaired) electrons. The van der Waals surface area contributed by atoms with Gasteiger partial charge in [-0.2, -0.15) is 4.98 Å². The molecule has 2 aromatic rings. The van der Waals surface area contributed by atoms with Crippen LogP contribution < -0.4 is 4.74 Å². The van der Waals surface area contributed by atoms with E-state index < -0.39 is 0 Å². The summed E-state index contributed by atoms with van der Waals surface area (Å²) < 4.78 is 5.40. The normalized spacial score (nSPS) is 10.2. The lowest BCUT2D eigenvalue weighted by molar-refractivity contribution is 0.112. The van der Waals surface area contributed by atoms with Gasteiger partial charge in [0.25, 0.3) is 0 Å². The van der Waals surface area contributed by atoms with Crippen molar-refractivity contribution < 1.29 is 9.53 Å². The van der Waals surface area contributed by atoms with Crippen LogP contribution in [0, 0.1) is 0 Å². The van der Waals surface area contributed by atoms with Gasteiger partial charge in [-0.1, -0.05) is 35.3 Å². The predicted molar refractivity (Wildman–Crippen MR) is 69.0 cm³/mol. The van der Waals surface area contributed by atoms with Crippen LogP contribution >= 0.6 is 34.8 Å². The number of aldehydes is 1. The molecule has 2 rings (SSSR count). The van der Waals surface area contributed by atoms with E-state index >= 15 is 0 Å². The zero-order valence-electron chi connectivity index (χ0n) is 8.73. The fourth-order valence-electron chi connectivity index (χ4n) is 1.21. The Kier molecular flexibility index (Phi) is 4.01. The van der Waals surface area contributed by atoms with E-state index in [1.54, 1.807) is 18.2 Å². The fourth-order valence-corrected chi connectivity index (χ4v) is 1.70. The molecule has 0 aliphatic heterocycles. The average molecular weight is 304 g/mol. The monoisotopic (exact) mass is 302 g/mol. The zero-order chi connectivity index (χ0) is 13.1. The van der Waals surface area contributed by atoms with Crippen LogP contribution in [0.5, 0.6) is 11.6 Å². The predicted octanol–water partition coefficient (Wildman–Crippen LogP) is 4.04. The first kappa shape index (κ1) is 13.1. The van der Waals surface area contributed by atoms with Crippen LogP contribution in [0.1, 0.15) is 10.4 Å². The molecule has 0 bridgehead atoms. The summed E-state index contributed by atoms with van der Waals surface area (Å²) in [7, 11) is 0. The summed E-state index contributed by atoms with van der Waals surface area (Å²) in [6, 6.07) is 6.49. The number of benzene rings is 1. The van der Waals surface area contributed by atoms with Gasteiger partial charge in [0.05, 0.1) is 0 Å². The Labute approximate surface area is 117 Å². The second kappa shape index (κ2) is 5.52. The van der Waals surface area contributed by atoms with Gasteiger partial charge in [0.15, 0.2) is 5.15 Å². The minimum Gasteiger partial charge on any atom is -0.437 e. The second-order valence-corrected chi connectivity index (χ2v) is 4.27. The molecule has 0 aliphatic rings. The summed E-state index contributed by atoms with van der Waals surface area (Å²) in [6.07, 6.45) is 0.703. The molecule has 92 valence electrons. The molecule has 1 heterocycles. The van der Waals surface area contributed by atoms with E-state index in [1.807, 2.05) is 0 Å². The SMILES string of the molecule is O=Cc1cccc(Oc2nc(Cl)nc(Cl)c2Cl)c1. The van der Waals surface area contributed by atoms with Gasteiger partial charge in [0.2, 0.25) is 11.2 Å². The minimum atomic E-state index is -0.0778. The maximum Gasteiger partial charge on any atom is 0.244 e. The highest BCUT2D eigenvalue weighted by Crippen LogP contribution is 2.33. The van der Waals surface area contributed by atoms with Crippen LogP contribution in [0.25, 0.3) is 0 Å². The number of carbonyl (C=O) groups is 1. The summed E-state index contributed by atoms with van der Waals surface area (Å²) >= 11 is 17.3. The molecular formula is C11H5Cl3N2O2. The molecule has 7 heteroatoms. The third kappa shape index (κ3) is 2.90. The molecule has 0 N–H and O–H groups in total. The van der Waals surface area contributed by atoms with Crippen LogP contribution in [0.4, 0.5) is 0 Å². The number of nitrogens with zero attached hydrogens (tertiary/aromatic N) is 2. The van der Waals surface area contributed by atoms with Crippen molar-refractivity contribution in [1.82, 2.24) is 9.97 Å². The molecule has 0 aliphatic carbocycles. The van der Waals surface area contributed by atoms with Gasteiger partial charge in [0, 0.05) is 5.56 Å². The highest BCUT2D eigenvalue weighted by atomic mass is 35.5. The van der Waals surface area contributed by atoms with E-state index in [0.29, 0.717) is 17.6 Å². The van der Waals surface area contributed by atoms with E-state index in [-0.39, 0.29) is 21.3 Å². The highest BCUT2D eigenvalue weighted by molar-refractivity contribution is 6.42. The third-order valence-electron chi connectivity index (χ3n) is 1.96. The maximum atomic E-state index is 10.6. The number of rotatable bonds is 3. The molecule has 0 fully saturated rings. The number of ether oxygens (including phenoxy) is 1. The molecule has 0 amide bonds. The van der Waals surface area contributed by atoms with E-state index in [2.05, 4.69) is 9.97 Å². The van der Waals surface area contributed by atoms with Crippen molar-refractivity contribution >= 4 is 41.1 Å². The van der Waals surface area contributed by atoms with Crippen molar-refractivity contribution in [2.24, 2.45) is 0 Å². The third-order valence-corrected chi connectivity index (χ3v) is 2.84. The van der Waals surface area contributed by atoms with Gasteiger partial charge in [0.1, 0.15) is 17.1 Å². The van der Waals surface area contributed by atoms with Crippen molar-refractivity contribution in [3.63, 3.8) is 0 Å². The summed E-state index contributed by atoms with van der Waals surface area (Å²) in [5, 5.41) is -0.0262. The smallest absolute Gasteiger partial charge is 0.244 e.